The average Bonchev–Trinajstić information content (AvgIpc) is 3.59. The van der Waals surface area contributed by atoms with Gasteiger partial charge >= 0.3 is 0 Å². The second kappa shape index (κ2) is 11.8. The van der Waals surface area contributed by atoms with Crippen molar-refractivity contribution in [1.82, 2.24) is 14.5 Å². The van der Waals surface area contributed by atoms with Crippen molar-refractivity contribution >= 4 is 52.6 Å². The predicted octanol–water partition coefficient (Wildman–Crippen LogP) is 7.37. The molecule has 0 bridgehead atoms. The Hall–Kier alpha value is -4.04. The topological polar surface area (TPSA) is 80.4 Å². The molecule has 3 aromatic carbocycles. The van der Waals surface area contributed by atoms with Gasteiger partial charge in [-0.1, -0.05) is 65.1 Å². The number of imidazole rings is 1. The zero-order valence-corrected chi connectivity index (χ0v) is 22.6. The molecule has 1 N–H and O–H groups in total. The Kier molecular flexibility index (Phi) is 8.02. The number of aromatic nitrogens is 2. The molecule has 0 aliphatic heterocycles. The summed E-state index contributed by atoms with van der Waals surface area (Å²) >= 11 is 18.6. The number of benzene rings is 3. The van der Waals surface area contributed by atoms with Crippen LogP contribution in [0.2, 0.25) is 15.1 Å². The SMILES string of the molecule is O=C(CN(Cc1ccco1)C(=O)c1ccccc1Cl)Nc1nc(-c2ccc(Cl)cc2)cn1-c1cccc(Cl)c1. The van der Waals surface area contributed by atoms with E-state index >= 15 is 0 Å². The van der Waals surface area contributed by atoms with Gasteiger partial charge in [0, 0.05) is 27.5 Å². The minimum absolute atomic E-state index is 0.0727. The van der Waals surface area contributed by atoms with E-state index in [-0.39, 0.29) is 29.6 Å². The summed E-state index contributed by atoms with van der Waals surface area (Å²) in [5, 5.41) is 4.26. The molecule has 7 nitrogen and oxygen atoms in total. The van der Waals surface area contributed by atoms with Gasteiger partial charge in [0.2, 0.25) is 11.9 Å². The summed E-state index contributed by atoms with van der Waals surface area (Å²) in [5.41, 5.74) is 2.40. The highest BCUT2D eigenvalue weighted by atomic mass is 35.5. The molecular weight excluding hydrogens is 559 g/mol. The van der Waals surface area contributed by atoms with Gasteiger partial charge in [0.1, 0.15) is 12.3 Å². The molecular formula is C29H21Cl3N4O3. The van der Waals surface area contributed by atoms with E-state index < -0.39 is 11.8 Å². The van der Waals surface area contributed by atoms with E-state index in [1.54, 1.807) is 77.5 Å². The molecule has 5 aromatic rings. The Labute approximate surface area is 239 Å². The van der Waals surface area contributed by atoms with Gasteiger partial charge < -0.3 is 9.32 Å². The van der Waals surface area contributed by atoms with Crippen LogP contribution in [0, 0.1) is 0 Å². The molecule has 0 radical (unpaired) electrons. The molecule has 0 unspecified atom stereocenters. The Morgan fingerprint density at radius 2 is 1.69 bits per heavy atom. The van der Waals surface area contributed by atoms with Crippen molar-refractivity contribution in [2.75, 3.05) is 11.9 Å². The van der Waals surface area contributed by atoms with Crippen LogP contribution in [0.15, 0.2) is 102 Å². The van der Waals surface area contributed by atoms with E-state index in [0.29, 0.717) is 27.2 Å². The van der Waals surface area contributed by atoms with Crippen LogP contribution in [-0.2, 0) is 11.3 Å². The number of amides is 2. The minimum Gasteiger partial charge on any atom is -0.467 e. The molecule has 196 valence electrons. The lowest BCUT2D eigenvalue weighted by molar-refractivity contribution is -0.117. The van der Waals surface area contributed by atoms with Gasteiger partial charge in [-0.25, -0.2) is 4.98 Å². The molecule has 10 heteroatoms. The summed E-state index contributed by atoms with van der Waals surface area (Å²) in [4.78, 5) is 32.8. The molecule has 2 heterocycles. The molecule has 0 atom stereocenters. The first kappa shape index (κ1) is 26.6. The summed E-state index contributed by atoms with van der Waals surface area (Å²) in [6, 6.07) is 24.5. The van der Waals surface area contributed by atoms with E-state index in [9.17, 15) is 9.59 Å². The quantitative estimate of drug-likeness (QED) is 0.208. The summed E-state index contributed by atoms with van der Waals surface area (Å²) < 4.78 is 7.15. The lowest BCUT2D eigenvalue weighted by atomic mass is 10.2. The van der Waals surface area contributed by atoms with Crippen LogP contribution in [-0.4, -0.2) is 32.8 Å². The number of furan rings is 1. The van der Waals surface area contributed by atoms with E-state index in [0.717, 1.165) is 5.56 Å². The number of hydrogen-bond acceptors (Lipinski definition) is 4. The maximum atomic E-state index is 13.4. The first-order valence-electron chi connectivity index (χ1n) is 11.8. The van der Waals surface area contributed by atoms with Gasteiger partial charge in [0.25, 0.3) is 5.91 Å². The molecule has 0 fully saturated rings. The van der Waals surface area contributed by atoms with E-state index in [1.165, 1.54) is 11.2 Å². The van der Waals surface area contributed by atoms with Crippen molar-refractivity contribution in [1.29, 1.82) is 0 Å². The van der Waals surface area contributed by atoms with Gasteiger partial charge in [0.15, 0.2) is 0 Å². The maximum absolute atomic E-state index is 13.4. The zero-order valence-electron chi connectivity index (χ0n) is 20.4. The highest BCUT2D eigenvalue weighted by Crippen LogP contribution is 2.27. The third kappa shape index (κ3) is 6.34. The van der Waals surface area contributed by atoms with E-state index in [2.05, 4.69) is 10.3 Å². The largest absolute Gasteiger partial charge is 0.467 e. The van der Waals surface area contributed by atoms with Crippen molar-refractivity contribution in [3.05, 3.63) is 124 Å². The fourth-order valence-corrected chi connectivity index (χ4v) is 4.51. The number of nitrogens with one attached hydrogen (secondary N) is 1. The Bertz CT molecular complexity index is 1620. The van der Waals surface area contributed by atoms with Crippen LogP contribution in [0.4, 0.5) is 5.95 Å². The summed E-state index contributed by atoms with van der Waals surface area (Å²) in [5.74, 6) is -0.0882. The van der Waals surface area contributed by atoms with Crippen LogP contribution in [0.5, 0.6) is 0 Å². The minimum atomic E-state index is -0.460. The summed E-state index contributed by atoms with van der Waals surface area (Å²) in [7, 11) is 0. The third-order valence-electron chi connectivity index (χ3n) is 5.84. The fourth-order valence-electron chi connectivity index (χ4n) is 3.98. The standard InChI is InChI=1S/C29H21Cl3N4O3/c30-20-12-10-19(11-13-20)26-17-36(22-6-3-5-21(31)15-22)29(33-26)34-27(37)18-35(16-23-7-4-14-39-23)28(38)24-8-1-2-9-25(24)32/h1-15,17H,16,18H2,(H,33,34,37). The van der Waals surface area contributed by atoms with Crippen LogP contribution >= 0.6 is 34.8 Å². The molecule has 0 saturated heterocycles. The highest BCUT2D eigenvalue weighted by Gasteiger charge is 2.23. The average molecular weight is 580 g/mol. The predicted molar refractivity (Wildman–Crippen MR) is 153 cm³/mol. The first-order chi connectivity index (χ1) is 18.9. The molecule has 0 aliphatic carbocycles. The number of hydrogen-bond donors (Lipinski definition) is 1. The van der Waals surface area contributed by atoms with Gasteiger partial charge in [-0.15, -0.1) is 0 Å². The van der Waals surface area contributed by atoms with E-state index in [4.69, 9.17) is 39.2 Å². The van der Waals surface area contributed by atoms with Gasteiger partial charge in [-0.05, 0) is 54.6 Å². The van der Waals surface area contributed by atoms with Crippen LogP contribution in [0.1, 0.15) is 16.1 Å². The van der Waals surface area contributed by atoms with Crippen molar-refractivity contribution in [3.63, 3.8) is 0 Å². The van der Waals surface area contributed by atoms with Gasteiger partial charge in [-0.2, -0.15) is 0 Å². The van der Waals surface area contributed by atoms with Crippen molar-refractivity contribution in [2.45, 2.75) is 6.54 Å². The van der Waals surface area contributed by atoms with E-state index in [1.807, 2.05) is 18.2 Å². The Balaban J connectivity index is 1.45. The van der Waals surface area contributed by atoms with Crippen LogP contribution < -0.4 is 5.32 Å². The second-order valence-corrected chi connectivity index (χ2v) is 9.86. The molecule has 0 spiro atoms. The van der Waals surface area contributed by atoms with Gasteiger partial charge in [-0.3, -0.25) is 19.5 Å². The van der Waals surface area contributed by atoms with Crippen LogP contribution in [0.25, 0.3) is 16.9 Å². The van der Waals surface area contributed by atoms with Crippen LogP contribution in [0.3, 0.4) is 0 Å². The molecule has 0 saturated carbocycles. The first-order valence-corrected chi connectivity index (χ1v) is 13.0. The van der Waals surface area contributed by atoms with Crippen molar-refractivity contribution in [2.24, 2.45) is 0 Å². The number of rotatable bonds is 8. The summed E-state index contributed by atoms with van der Waals surface area (Å²) in [6.07, 6.45) is 3.30. The normalized spacial score (nSPS) is 10.8. The molecule has 2 amide bonds. The highest BCUT2D eigenvalue weighted by molar-refractivity contribution is 6.34. The summed E-state index contributed by atoms with van der Waals surface area (Å²) in [6.45, 7) is -0.202. The number of carbonyl (C=O) groups is 2. The second-order valence-electron chi connectivity index (χ2n) is 8.58. The van der Waals surface area contributed by atoms with Crippen molar-refractivity contribution in [3.8, 4) is 16.9 Å². The third-order valence-corrected chi connectivity index (χ3v) is 6.65. The molecule has 5 rings (SSSR count). The maximum Gasteiger partial charge on any atom is 0.256 e. The molecule has 0 aliphatic rings. The number of carbonyl (C=O) groups excluding carboxylic acids is 2. The molecule has 2 aromatic heterocycles. The fraction of sp³-hybridized carbons (Fsp3) is 0.0690. The van der Waals surface area contributed by atoms with Crippen molar-refractivity contribution < 1.29 is 14.0 Å². The lowest BCUT2D eigenvalue weighted by Crippen LogP contribution is -2.38. The monoisotopic (exact) mass is 578 g/mol. The molecule has 39 heavy (non-hydrogen) atoms. The number of nitrogens with zero attached hydrogens (tertiary/aromatic N) is 3. The van der Waals surface area contributed by atoms with Gasteiger partial charge in [0.05, 0.1) is 29.1 Å². The zero-order chi connectivity index (χ0) is 27.4. The number of halogens is 3. The smallest absolute Gasteiger partial charge is 0.256 e. The Morgan fingerprint density at radius 1 is 0.897 bits per heavy atom. The number of anilines is 1. The lowest BCUT2D eigenvalue weighted by Gasteiger charge is -2.22. The Morgan fingerprint density at radius 3 is 2.41 bits per heavy atom.